The first-order chi connectivity index (χ1) is 9.61. The first-order valence-corrected chi connectivity index (χ1v) is 6.61. The van der Waals surface area contributed by atoms with Gasteiger partial charge in [-0.15, -0.1) is 0 Å². The lowest BCUT2D eigenvalue weighted by atomic mass is 10.2. The third-order valence-corrected chi connectivity index (χ3v) is 3.29. The lowest BCUT2D eigenvalue weighted by molar-refractivity contribution is -0.133. The number of piperazine rings is 1. The molecule has 0 unspecified atom stereocenters. The van der Waals surface area contributed by atoms with E-state index in [0.717, 1.165) is 0 Å². The van der Waals surface area contributed by atoms with Gasteiger partial charge in [0.2, 0.25) is 5.91 Å². The molecule has 2 heterocycles. The summed E-state index contributed by atoms with van der Waals surface area (Å²) in [6, 6.07) is 1.62. The van der Waals surface area contributed by atoms with Gasteiger partial charge in [-0.1, -0.05) is 5.16 Å². The Morgan fingerprint density at radius 2 is 1.95 bits per heavy atom. The monoisotopic (exact) mass is 281 g/mol. The van der Waals surface area contributed by atoms with Crippen LogP contribution in [0, 0.1) is 6.92 Å². The molecule has 1 saturated heterocycles. The molecule has 0 aliphatic carbocycles. The van der Waals surface area contributed by atoms with Gasteiger partial charge in [-0.05, 0) is 6.92 Å². The third kappa shape index (κ3) is 3.36. The second-order valence-corrected chi connectivity index (χ2v) is 4.74. The van der Waals surface area contributed by atoms with Crippen molar-refractivity contribution in [3.63, 3.8) is 0 Å². The van der Waals surface area contributed by atoms with E-state index in [0.29, 0.717) is 50.7 Å². The summed E-state index contributed by atoms with van der Waals surface area (Å²) in [5.41, 5.74) is 0.321. The summed E-state index contributed by atoms with van der Waals surface area (Å²) < 4.78 is 9.80. The fourth-order valence-electron chi connectivity index (χ4n) is 2.14. The minimum absolute atomic E-state index is 0.0660. The Balaban J connectivity index is 1.85. The number of amides is 2. The molecule has 1 aliphatic heterocycles. The SMILES string of the molecule is COCCC(=O)N1CCN(C(=O)c2cc(C)on2)CC1. The van der Waals surface area contributed by atoms with E-state index in [1.807, 2.05) is 0 Å². The molecule has 0 bridgehead atoms. The Morgan fingerprint density at radius 3 is 2.50 bits per heavy atom. The fourth-order valence-corrected chi connectivity index (χ4v) is 2.14. The van der Waals surface area contributed by atoms with Crippen LogP contribution in [0.4, 0.5) is 0 Å². The molecule has 7 heteroatoms. The van der Waals surface area contributed by atoms with Crippen molar-refractivity contribution in [1.82, 2.24) is 15.0 Å². The Morgan fingerprint density at radius 1 is 1.30 bits per heavy atom. The summed E-state index contributed by atoms with van der Waals surface area (Å²) in [5.74, 6) is 0.531. The first-order valence-electron chi connectivity index (χ1n) is 6.61. The molecule has 2 amide bonds. The molecule has 1 aromatic rings. The van der Waals surface area contributed by atoms with Gasteiger partial charge in [-0.3, -0.25) is 9.59 Å². The normalized spacial score (nSPS) is 15.5. The third-order valence-electron chi connectivity index (χ3n) is 3.29. The fraction of sp³-hybridized carbons (Fsp3) is 0.615. The van der Waals surface area contributed by atoms with Gasteiger partial charge in [0.25, 0.3) is 5.91 Å². The van der Waals surface area contributed by atoms with Crippen LogP contribution in [-0.4, -0.2) is 66.7 Å². The van der Waals surface area contributed by atoms with Gasteiger partial charge in [0, 0.05) is 39.4 Å². The maximum absolute atomic E-state index is 12.1. The topological polar surface area (TPSA) is 75.9 Å². The molecule has 0 atom stereocenters. The van der Waals surface area contributed by atoms with Crippen LogP contribution < -0.4 is 0 Å². The number of hydrogen-bond donors (Lipinski definition) is 0. The van der Waals surface area contributed by atoms with Crippen LogP contribution >= 0.6 is 0 Å². The highest BCUT2D eigenvalue weighted by molar-refractivity contribution is 5.92. The van der Waals surface area contributed by atoms with Crippen molar-refractivity contribution < 1.29 is 18.8 Å². The maximum Gasteiger partial charge on any atom is 0.276 e. The molecule has 0 saturated carbocycles. The van der Waals surface area contributed by atoms with Crippen molar-refractivity contribution in [2.75, 3.05) is 39.9 Å². The van der Waals surface area contributed by atoms with E-state index >= 15 is 0 Å². The maximum atomic E-state index is 12.1. The van der Waals surface area contributed by atoms with Crippen LogP contribution in [-0.2, 0) is 9.53 Å². The van der Waals surface area contributed by atoms with Crippen LogP contribution in [0.25, 0.3) is 0 Å². The minimum Gasteiger partial charge on any atom is -0.384 e. The summed E-state index contributed by atoms with van der Waals surface area (Å²) in [7, 11) is 1.57. The number of carbonyl (C=O) groups is 2. The number of hydrogen-bond acceptors (Lipinski definition) is 5. The van der Waals surface area contributed by atoms with Crippen molar-refractivity contribution in [1.29, 1.82) is 0 Å². The van der Waals surface area contributed by atoms with Crippen LogP contribution in [0.1, 0.15) is 22.7 Å². The highest BCUT2D eigenvalue weighted by Crippen LogP contribution is 2.10. The van der Waals surface area contributed by atoms with Crippen LogP contribution in [0.15, 0.2) is 10.6 Å². The summed E-state index contributed by atoms with van der Waals surface area (Å²) in [5, 5.41) is 3.72. The zero-order valence-corrected chi connectivity index (χ0v) is 11.8. The highest BCUT2D eigenvalue weighted by Gasteiger charge is 2.26. The first kappa shape index (κ1) is 14.5. The number of aromatic nitrogens is 1. The predicted octanol–water partition coefficient (Wildman–Crippen LogP) is 0.304. The van der Waals surface area contributed by atoms with E-state index in [1.165, 1.54) is 0 Å². The molecule has 1 aromatic heterocycles. The largest absolute Gasteiger partial charge is 0.384 e. The summed E-state index contributed by atoms with van der Waals surface area (Å²) in [4.78, 5) is 27.4. The summed E-state index contributed by atoms with van der Waals surface area (Å²) in [6.07, 6.45) is 0.382. The Kier molecular flexibility index (Phi) is 4.73. The van der Waals surface area contributed by atoms with Gasteiger partial charge in [-0.2, -0.15) is 0 Å². The van der Waals surface area contributed by atoms with Crippen molar-refractivity contribution in [2.24, 2.45) is 0 Å². The Bertz CT molecular complexity index is 478. The molecule has 0 N–H and O–H groups in total. The lowest BCUT2D eigenvalue weighted by Crippen LogP contribution is -2.50. The van der Waals surface area contributed by atoms with Crippen molar-refractivity contribution in [3.8, 4) is 0 Å². The molecule has 0 aromatic carbocycles. The van der Waals surface area contributed by atoms with E-state index in [4.69, 9.17) is 9.26 Å². The van der Waals surface area contributed by atoms with Gasteiger partial charge in [0.05, 0.1) is 13.0 Å². The molecule has 7 nitrogen and oxygen atoms in total. The average Bonchev–Trinajstić information content (AvgIpc) is 2.90. The molecule has 0 radical (unpaired) electrons. The van der Waals surface area contributed by atoms with Crippen LogP contribution in [0.3, 0.4) is 0 Å². The molecule has 20 heavy (non-hydrogen) atoms. The minimum atomic E-state index is -0.147. The van der Waals surface area contributed by atoms with E-state index in [-0.39, 0.29) is 11.8 Å². The zero-order chi connectivity index (χ0) is 14.5. The molecule has 1 aliphatic rings. The number of nitrogens with zero attached hydrogens (tertiary/aromatic N) is 3. The average molecular weight is 281 g/mol. The van der Waals surface area contributed by atoms with Gasteiger partial charge < -0.3 is 19.1 Å². The second-order valence-electron chi connectivity index (χ2n) is 4.74. The second kappa shape index (κ2) is 6.51. The standard InChI is InChI=1S/C13H19N3O4/c1-10-9-11(14-20-10)13(18)16-6-4-15(5-7-16)12(17)3-8-19-2/h9H,3-8H2,1-2H3. The number of rotatable bonds is 4. The number of aryl methyl sites for hydroxylation is 1. The molecular weight excluding hydrogens is 262 g/mol. The van der Waals surface area contributed by atoms with Crippen LogP contribution in [0.2, 0.25) is 0 Å². The summed E-state index contributed by atoms with van der Waals surface area (Å²) in [6.45, 7) is 4.30. The quantitative estimate of drug-likeness (QED) is 0.793. The number of carbonyl (C=O) groups excluding carboxylic acids is 2. The summed E-state index contributed by atoms with van der Waals surface area (Å²) >= 11 is 0. The Labute approximate surface area is 117 Å². The van der Waals surface area contributed by atoms with Crippen molar-refractivity contribution in [3.05, 3.63) is 17.5 Å². The van der Waals surface area contributed by atoms with Crippen molar-refractivity contribution in [2.45, 2.75) is 13.3 Å². The zero-order valence-electron chi connectivity index (χ0n) is 11.8. The lowest BCUT2D eigenvalue weighted by Gasteiger charge is -2.34. The van der Waals surface area contributed by atoms with Gasteiger partial charge in [0.1, 0.15) is 5.76 Å². The van der Waals surface area contributed by atoms with E-state index < -0.39 is 0 Å². The van der Waals surface area contributed by atoms with Gasteiger partial charge in [0.15, 0.2) is 5.69 Å². The number of ether oxygens (including phenoxy) is 1. The smallest absolute Gasteiger partial charge is 0.276 e. The van der Waals surface area contributed by atoms with Gasteiger partial charge in [-0.25, -0.2) is 0 Å². The molecule has 0 spiro atoms. The van der Waals surface area contributed by atoms with Crippen molar-refractivity contribution >= 4 is 11.8 Å². The van der Waals surface area contributed by atoms with E-state index in [1.54, 1.807) is 29.9 Å². The van der Waals surface area contributed by atoms with E-state index in [2.05, 4.69) is 5.16 Å². The highest BCUT2D eigenvalue weighted by atomic mass is 16.5. The van der Waals surface area contributed by atoms with E-state index in [9.17, 15) is 9.59 Å². The van der Waals surface area contributed by atoms with Gasteiger partial charge >= 0.3 is 0 Å². The molecule has 110 valence electrons. The molecular formula is C13H19N3O4. The Hall–Kier alpha value is -1.89. The molecule has 1 fully saturated rings. The molecule has 2 rings (SSSR count). The number of methoxy groups -OCH3 is 1. The predicted molar refractivity (Wildman–Crippen MR) is 70.2 cm³/mol. The van der Waals surface area contributed by atoms with Crippen LogP contribution in [0.5, 0.6) is 0 Å².